The van der Waals surface area contributed by atoms with Crippen LogP contribution in [0.1, 0.15) is 0 Å². The van der Waals surface area contributed by atoms with Crippen LogP contribution in [0.3, 0.4) is 0 Å². The highest BCUT2D eigenvalue weighted by Crippen LogP contribution is 2.33. The van der Waals surface area contributed by atoms with E-state index in [9.17, 15) is 0 Å². The van der Waals surface area contributed by atoms with Crippen molar-refractivity contribution in [3.05, 3.63) is 140 Å². The van der Waals surface area contributed by atoms with Gasteiger partial charge in [-0.1, -0.05) is 54.6 Å². The van der Waals surface area contributed by atoms with Gasteiger partial charge in [0.1, 0.15) is 11.5 Å². The fourth-order valence-corrected chi connectivity index (χ4v) is 6.62. The van der Waals surface area contributed by atoms with Crippen molar-refractivity contribution in [2.45, 2.75) is 0 Å². The lowest BCUT2D eigenvalue weighted by molar-refractivity contribution is 0.480. The molecule has 45 heavy (non-hydrogen) atoms. The second-order valence-electron chi connectivity index (χ2n) is 11.1. The van der Waals surface area contributed by atoms with Crippen LogP contribution in [0.2, 0.25) is 0 Å². The molecule has 0 radical (unpaired) electrons. The van der Waals surface area contributed by atoms with E-state index >= 15 is 0 Å². The lowest BCUT2D eigenvalue weighted by Gasteiger charge is -2.11. The normalized spacial score (nSPS) is 12.0. The molecule has 0 N–H and O–H groups in total. The lowest BCUT2D eigenvalue weighted by atomic mass is 10.2. The Labute approximate surface area is 255 Å². The molecule has 0 saturated carbocycles. The quantitative estimate of drug-likeness (QED) is 0.209. The molecule has 5 heterocycles. The average Bonchev–Trinajstić information content (AvgIpc) is 3.81. The molecule has 0 unspecified atom stereocenters. The van der Waals surface area contributed by atoms with Crippen LogP contribution in [0.25, 0.3) is 67.1 Å². The Balaban J connectivity index is 1.09. The van der Waals surface area contributed by atoms with Gasteiger partial charge in [0.05, 0.1) is 67.9 Å². The first-order chi connectivity index (χ1) is 22.3. The average molecular weight is 582 g/mol. The number of para-hydroxylation sites is 8. The molecule has 0 fully saturated rings. The molecular weight excluding hydrogens is 558 g/mol. The largest absolute Gasteiger partial charge is 0.456 e. The van der Waals surface area contributed by atoms with Crippen molar-refractivity contribution in [3.8, 4) is 22.9 Å². The van der Waals surface area contributed by atoms with Crippen LogP contribution in [0.5, 0.6) is 11.5 Å². The topological polar surface area (TPSA) is 66.6 Å². The zero-order valence-electron chi connectivity index (χ0n) is 23.8. The molecule has 0 atom stereocenters. The number of fused-ring (bicyclic) bond motifs is 10. The summed E-state index contributed by atoms with van der Waals surface area (Å²) in [5.41, 5.74) is 10.2. The predicted octanol–water partition coefficient (Wildman–Crippen LogP) is 8.36. The summed E-state index contributed by atoms with van der Waals surface area (Å²) in [6, 6.07) is 43.3. The first kappa shape index (κ1) is 24.1. The van der Waals surface area contributed by atoms with Crippen molar-refractivity contribution in [1.82, 2.24) is 32.9 Å². The van der Waals surface area contributed by atoms with Crippen molar-refractivity contribution in [3.63, 3.8) is 0 Å². The summed E-state index contributed by atoms with van der Waals surface area (Å²) >= 11 is 0. The van der Waals surface area contributed by atoms with E-state index in [1.54, 1.807) is 6.20 Å². The van der Waals surface area contributed by atoms with Crippen molar-refractivity contribution in [2.75, 3.05) is 0 Å². The van der Waals surface area contributed by atoms with Crippen molar-refractivity contribution in [2.24, 2.45) is 0 Å². The summed E-state index contributed by atoms with van der Waals surface area (Å²) in [5.74, 6) is 3.01. The van der Waals surface area contributed by atoms with Crippen LogP contribution in [0, 0.1) is 0 Å². The monoisotopic (exact) mass is 581 g/mol. The molecule has 212 valence electrons. The lowest BCUT2D eigenvalue weighted by Crippen LogP contribution is -1.98. The zero-order chi connectivity index (χ0) is 29.5. The second-order valence-corrected chi connectivity index (χ2v) is 11.1. The zero-order valence-corrected chi connectivity index (χ0v) is 23.8. The van der Waals surface area contributed by atoms with E-state index in [4.69, 9.17) is 14.7 Å². The van der Waals surface area contributed by atoms with Gasteiger partial charge in [-0.15, -0.1) is 0 Å². The number of ether oxygens (including phenoxy) is 1. The third-order valence-electron chi connectivity index (χ3n) is 8.48. The first-order valence-corrected chi connectivity index (χ1v) is 14.8. The highest BCUT2D eigenvalue weighted by Gasteiger charge is 2.19. The molecule has 0 bridgehead atoms. The van der Waals surface area contributed by atoms with Crippen molar-refractivity contribution < 1.29 is 4.74 Å². The van der Waals surface area contributed by atoms with Gasteiger partial charge in [-0.2, -0.15) is 0 Å². The van der Waals surface area contributed by atoms with Crippen molar-refractivity contribution >= 4 is 55.7 Å². The van der Waals surface area contributed by atoms with Crippen LogP contribution in [0.4, 0.5) is 0 Å². The molecule has 10 rings (SSSR count). The Kier molecular flexibility index (Phi) is 4.84. The smallest absolute Gasteiger partial charge is 0.220 e. The molecule has 0 aliphatic carbocycles. The highest BCUT2D eigenvalue weighted by atomic mass is 16.5. The minimum Gasteiger partial charge on any atom is -0.456 e. The van der Waals surface area contributed by atoms with Crippen LogP contribution < -0.4 is 4.74 Å². The molecule has 0 aliphatic rings. The molecule has 0 amide bonds. The third kappa shape index (κ3) is 3.44. The van der Waals surface area contributed by atoms with Gasteiger partial charge in [-0.3, -0.25) is 22.9 Å². The Morgan fingerprint density at radius 1 is 0.422 bits per heavy atom. The molecule has 8 heteroatoms. The van der Waals surface area contributed by atoms with Gasteiger partial charge in [0.2, 0.25) is 11.6 Å². The maximum atomic E-state index is 6.48. The number of aromatic nitrogens is 7. The highest BCUT2D eigenvalue weighted by molar-refractivity contribution is 5.93. The number of benzene rings is 5. The van der Waals surface area contributed by atoms with E-state index in [1.807, 2.05) is 60.8 Å². The van der Waals surface area contributed by atoms with Gasteiger partial charge in [0.25, 0.3) is 0 Å². The van der Waals surface area contributed by atoms with Crippen LogP contribution in [0.15, 0.2) is 140 Å². The van der Waals surface area contributed by atoms with E-state index in [1.165, 1.54) is 0 Å². The number of pyridine rings is 1. The molecule has 0 spiro atoms. The van der Waals surface area contributed by atoms with Gasteiger partial charge in [0, 0.05) is 12.1 Å². The summed E-state index contributed by atoms with van der Waals surface area (Å²) in [7, 11) is 0. The first-order valence-electron chi connectivity index (χ1n) is 14.8. The van der Waals surface area contributed by atoms with E-state index < -0.39 is 0 Å². The molecule has 0 aliphatic heterocycles. The van der Waals surface area contributed by atoms with Gasteiger partial charge in [0.15, 0.2) is 0 Å². The Hall–Kier alpha value is -6.41. The number of nitrogens with zero attached hydrogens (tertiary/aromatic N) is 7. The Morgan fingerprint density at radius 2 is 0.933 bits per heavy atom. The SMILES string of the molecule is c1cc(Oc2cncc(-n3c4ccccc4n4c5ccccc5nc34)c2)cc(-n2c3ccccc3n3c4ccccc4nc23)c1. The maximum Gasteiger partial charge on any atom is 0.220 e. The number of hydrogen-bond donors (Lipinski definition) is 0. The molecular formula is C37H23N7O. The molecule has 5 aromatic carbocycles. The van der Waals surface area contributed by atoms with Gasteiger partial charge in [-0.05, 0) is 60.7 Å². The number of rotatable bonds is 4. The third-order valence-corrected chi connectivity index (χ3v) is 8.48. The molecule has 0 saturated heterocycles. The van der Waals surface area contributed by atoms with Crippen LogP contribution in [-0.4, -0.2) is 32.9 Å². The van der Waals surface area contributed by atoms with Crippen LogP contribution >= 0.6 is 0 Å². The Bertz CT molecular complexity index is 2570. The number of imidazole rings is 4. The molecule has 10 aromatic rings. The minimum atomic E-state index is 0.630. The molecule has 8 nitrogen and oxygen atoms in total. The van der Waals surface area contributed by atoms with Gasteiger partial charge >= 0.3 is 0 Å². The summed E-state index contributed by atoms with van der Waals surface area (Å²) in [4.78, 5) is 14.6. The minimum absolute atomic E-state index is 0.630. The fourth-order valence-electron chi connectivity index (χ4n) is 6.62. The Morgan fingerprint density at radius 3 is 1.56 bits per heavy atom. The van der Waals surface area contributed by atoms with Crippen LogP contribution in [-0.2, 0) is 0 Å². The van der Waals surface area contributed by atoms with E-state index in [-0.39, 0.29) is 0 Å². The fraction of sp³-hybridized carbons (Fsp3) is 0. The standard InChI is InChI=1S/C37H23N7O/c1-3-14-30-28(12-1)39-36-41(32-16-5-7-18-34(32)43(30)36)24-10-9-11-26(20-24)45-27-21-25(22-38-23-27)42-33-17-6-8-19-35(33)44-31-15-4-2-13-29(31)40-37(42)44/h1-23H. The maximum absolute atomic E-state index is 6.48. The summed E-state index contributed by atoms with van der Waals surface area (Å²) in [6.45, 7) is 0. The van der Waals surface area contributed by atoms with E-state index in [2.05, 4.69) is 95.7 Å². The van der Waals surface area contributed by atoms with Gasteiger partial charge < -0.3 is 4.74 Å². The van der Waals surface area contributed by atoms with E-state index in [0.29, 0.717) is 11.5 Å². The summed E-state index contributed by atoms with van der Waals surface area (Å²) in [5, 5.41) is 0. The summed E-state index contributed by atoms with van der Waals surface area (Å²) in [6.07, 6.45) is 3.59. The van der Waals surface area contributed by atoms with E-state index in [0.717, 1.165) is 67.1 Å². The van der Waals surface area contributed by atoms with Gasteiger partial charge in [-0.25, -0.2) is 9.97 Å². The second kappa shape index (κ2) is 9.05. The summed E-state index contributed by atoms with van der Waals surface area (Å²) < 4.78 is 15.2. The predicted molar refractivity (Wildman–Crippen MR) is 177 cm³/mol. The molecule has 5 aromatic heterocycles. The number of hydrogen-bond acceptors (Lipinski definition) is 4. The van der Waals surface area contributed by atoms with Crippen molar-refractivity contribution in [1.29, 1.82) is 0 Å².